The van der Waals surface area contributed by atoms with Crippen LogP contribution in [-0.4, -0.2) is 0 Å². The fourth-order valence-corrected chi connectivity index (χ4v) is 11.1. The van der Waals surface area contributed by atoms with E-state index >= 15 is 0 Å². The summed E-state index contributed by atoms with van der Waals surface area (Å²) in [6.45, 7) is 4.86. The molecule has 0 radical (unpaired) electrons. The van der Waals surface area contributed by atoms with Crippen molar-refractivity contribution in [1.82, 2.24) is 0 Å². The number of anilines is 2. The SMILES string of the molecule is CC1(C)C2=C(C=CC(c3ccccc3)C2)N(c2ccc(-c3ccc4c(c3)C3(c5ccccc5-c5ccccc53)c3ccccc3-4)cc2)c2ccc(-c3ccccc3)cc21. The molecule has 1 heterocycles. The quantitative estimate of drug-likeness (QED) is 0.173. The van der Waals surface area contributed by atoms with Gasteiger partial charge < -0.3 is 4.90 Å². The summed E-state index contributed by atoms with van der Waals surface area (Å²) in [4.78, 5) is 2.52. The molecular formula is C58H43N. The van der Waals surface area contributed by atoms with Crippen LogP contribution >= 0.6 is 0 Å². The molecule has 280 valence electrons. The summed E-state index contributed by atoms with van der Waals surface area (Å²) in [7, 11) is 0. The van der Waals surface area contributed by atoms with E-state index in [1.54, 1.807) is 0 Å². The second-order valence-electron chi connectivity index (χ2n) is 17.2. The molecule has 8 aromatic carbocycles. The monoisotopic (exact) mass is 753 g/mol. The second kappa shape index (κ2) is 12.8. The topological polar surface area (TPSA) is 3.24 Å². The number of benzene rings is 8. The lowest BCUT2D eigenvalue weighted by Gasteiger charge is -2.45. The molecule has 1 atom stereocenters. The molecule has 0 aromatic heterocycles. The van der Waals surface area contributed by atoms with E-state index in [2.05, 4.69) is 225 Å². The molecule has 3 aliphatic carbocycles. The van der Waals surface area contributed by atoms with Gasteiger partial charge in [-0.2, -0.15) is 0 Å². The molecule has 0 saturated carbocycles. The molecule has 12 rings (SSSR count). The van der Waals surface area contributed by atoms with E-state index in [4.69, 9.17) is 0 Å². The predicted octanol–water partition coefficient (Wildman–Crippen LogP) is 14.8. The van der Waals surface area contributed by atoms with Crippen LogP contribution < -0.4 is 4.90 Å². The minimum atomic E-state index is -0.355. The van der Waals surface area contributed by atoms with Gasteiger partial charge in [-0.05, 0) is 126 Å². The molecule has 4 aliphatic rings. The molecular weight excluding hydrogens is 711 g/mol. The first kappa shape index (κ1) is 34.1. The summed E-state index contributed by atoms with van der Waals surface area (Å²) < 4.78 is 0. The molecule has 8 aromatic rings. The molecule has 1 aliphatic heterocycles. The average Bonchev–Trinajstić information content (AvgIpc) is 3.77. The van der Waals surface area contributed by atoms with Crippen LogP contribution in [0.5, 0.6) is 0 Å². The van der Waals surface area contributed by atoms with Crippen LogP contribution in [0.1, 0.15) is 59.6 Å². The molecule has 1 spiro atoms. The van der Waals surface area contributed by atoms with Crippen molar-refractivity contribution in [2.45, 2.75) is 37.0 Å². The third kappa shape index (κ3) is 4.85. The number of rotatable bonds is 4. The third-order valence-electron chi connectivity index (χ3n) is 13.9. The zero-order chi connectivity index (χ0) is 39.3. The summed E-state index contributed by atoms with van der Waals surface area (Å²) in [6.07, 6.45) is 5.81. The Morgan fingerprint density at radius 3 is 1.56 bits per heavy atom. The fraction of sp³-hybridized carbons (Fsp3) is 0.103. The van der Waals surface area contributed by atoms with Crippen LogP contribution in [0.2, 0.25) is 0 Å². The van der Waals surface area contributed by atoms with E-state index < -0.39 is 0 Å². The number of nitrogens with zero attached hydrogens (tertiary/aromatic N) is 1. The highest BCUT2D eigenvalue weighted by Crippen LogP contribution is 2.63. The van der Waals surface area contributed by atoms with Gasteiger partial charge in [0.15, 0.2) is 0 Å². The van der Waals surface area contributed by atoms with Crippen LogP contribution in [0.4, 0.5) is 11.4 Å². The number of hydrogen-bond acceptors (Lipinski definition) is 1. The minimum absolute atomic E-state index is 0.154. The van der Waals surface area contributed by atoms with Gasteiger partial charge in [0.05, 0.1) is 11.1 Å². The first-order valence-corrected chi connectivity index (χ1v) is 21.0. The minimum Gasteiger partial charge on any atom is -0.310 e. The van der Waals surface area contributed by atoms with Crippen molar-refractivity contribution in [3.8, 4) is 44.5 Å². The van der Waals surface area contributed by atoms with E-state index in [-0.39, 0.29) is 10.8 Å². The number of fused-ring (bicyclic) bond motifs is 11. The largest absolute Gasteiger partial charge is 0.310 e. The van der Waals surface area contributed by atoms with Crippen LogP contribution in [0.15, 0.2) is 218 Å². The van der Waals surface area contributed by atoms with E-state index in [9.17, 15) is 0 Å². The molecule has 0 saturated heterocycles. The van der Waals surface area contributed by atoms with Gasteiger partial charge in [-0.1, -0.05) is 184 Å². The van der Waals surface area contributed by atoms with Gasteiger partial charge in [0, 0.05) is 22.7 Å². The smallest absolute Gasteiger partial charge is 0.0725 e. The maximum Gasteiger partial charge on any atom is 0.0725 e. The van der Waals surface area contributed by atoms with Gasteiger partial charge in [0.1, 0.15) is 0 Å². The summed E-state index contributed by atoms with van der Waals surface area (Å²) in [5.74, 6) is 0.338. The second-order valence-corrected chi connectivity index (χ2v) is 17.2. The Hall–Kier alpha value is -6.96. The lowest BCUT2D eigenvalue weighted by molar-refractivity contribution is 0.555. The Kier molecular flexibility index (Phi) is 7.38. The highest BCUT2D eigenvalue weighted by Gasteiger charge is 2.51. The normalized spacial score (nSPS) is 17.2. The van der Waals surface area contributed by atoms with Crippen molar-refractivity contribution in [3.63, 3.8) is 0 Å². The van der Waals surface area contributed by atoms with Crippen molar-refractivity contribution in [3.05, 3.63) is 251 Å². The highest BCUT2D eigenvalue weighted by atomic mass is 15.2. The van der Waals surface area contributed by atoms with Crippen LogP contribution in [0, 0.1) is 0 Å². The van der Waals surface area contributed by atoms with E-state index in [1.165, 1.54) is 101 Å². The lowest BCUT2D eigenvalue weighted by Crippen LogP contribution is -2.35. The van der Waals surface area contributed by atoms with Crippen LogP contribution in [0.3, 0.4) is 0 Å². The summed E-state index contributed by atoms with van der Waals surface area (Å²) in [5, 5.41) is 0. The first-order valence-electron chi connectivity index (χ1n) is 21.0. The summed E-state index contributed by atoms with van der Waals surface area (Å²) in [5.41, 5.74) is 23.2. The van der Waals surface area contributed by atoms with E-state index in [1.807, 2.05) is 0 Å². The zero-order valence-corrected chi connectivity index (χ0v) is 33.4. The Balaban J connectivity index is 0.985. The van der Waals surface area contributed by atoms with Crippen LogP contribution in [-0.2, 0) is 10.8 Å². The Bertz CT molecular complexity index is 2970. The van der Waals surface area contributed by atoms with Gasteiger partial charge >= 0.3 is 0 Å². The Morgan fingerprint density at radius 1 is 0.441 bits per heavy atom. The average molecular weight is 754 g/mol. The van der Waals surface area contributed by atoms with Crippen molar-refractivity contribution in [1.29, 1.82) is 0 Å². The molecule has 0 amide bonds. The van der Waals surface area contributed by atoms with Crippen molar-refractivity contribution >= 4 is 11.4 Å². The fourth-order valence-electron chi connectivity index (χ4n) is 11.1. The summed E-state index contributed by atoms with van der Waals surface area (Å²) >= 11 is 0. The summed E-state index contributed by atoms with van der Waals surface area (Å²) in [6, 6.07) is 72.6. The van der Waals surface area contributed by atoms with Gasteiger partial charge in [-0.3, -0.25) is 0 Å². The predicted molar refractivity (Wildman–Crippen MR) is 245 cm³/mol. The maximum absolute atomic E-state index is 2.52. The molecule has 0 fully saturated rings. The van der Waals surface area contributed by atoms with Crippen molar-refractivity contribution < 1.29 is 0 Å². The van der Waals surface area contributed by atoms with Crippen molar-refractivity contribution in [2.24, 2.45) is 0 Å². The third-order valence-corrected chi connectivity index (χ3v) is 13.9. The standard InChI is InChI=1S/C58H43N/c1-57(2)53-36-42(38-15-5-3-6-16-38)28-33-55(53)59(56-34-29-43(37-54(56)57)39-17-7-4-8-18-39)44-30-25-40(26-31-44)41-27-32-48-47-21-11-14-24-51(47)58(52(48)35-41)49-22-12-9-19-45(49)46-20-10-13-23-50(46)58/h3-36,43H,37H2,1-2H3. The van der Waals surface area contributed by atoms with Gasteiger partial charge in [0.25, 0.3) is 0 Å². The zero-order valence-electron chi connectivity index (χ0n) is 33.4. The van der Waals surface area contributed by atoms with Gasteiger partial charge in [0.2, 0.25) is 0 Å². The van der Waals surface area contributed by atoms with E-state index in [0.717, 1.165) is 6.42 Å². The Labute approximate surface area is 347 Å². The Morgan fingerprint density at radius 2 is 0.932 bits per heavy atom. The molecule has 1 heteroatoms. The number of hydrogen-bond donors (Lipinski definition) is 0. The highest BCUT2D eigenvalue weighted by molar-refractivity contribution is 5.96. The van der Waals surface area contributed by atoms with Crippen molar-refractivity contribution in [2.75, 3.05) is 4.90 Å². The molecule has 0 N–H and O–H groups in total. The molecule has 1 nitrogen and oxygen atoms in total. The molecule has 1 unspecified atom stereocenters. The molecule has 0 bridgehead atoms. The molecule has 59 heavy (non-hydrogen) atoms. The maximum atomic E-state index is 2.52. The van der Waals surface area contributed by atoms with Crippen LogP contribution in [0.25, 0.3) is 44.5 Å². The van der Waals surface area contributed by atoms with Gasteiger partial charge in [-0.15, -0.1) is 0 Å². The number of allylic oxidation sites excluding steroid dienone is 3. The van der Waals surface area contributed by atoms with Gasteiger partial charge in [-0.25, -0.2) is 0 Å². The van der Waals surface area contributed by atoms with E-state index in [0.29, 0.717) is 5.92 Å². The first-order chi connectivity index (χ1) is 29.0. The lowest BCUT2D eigenvalue weighted by atomic mass is 9.67.